The number of methoxy groups -OCH3 is 1. The summed E-state index contributed by atoms with van der Waals surface area (Å²) in [6.45, 7) is 1.89. The van der Waals surface area contributed by atoms with Crippen LogP contribution in [0.4, 0.5) is 0 Å². The number of hydrogen-bond acceptors (Lipinski definition) is 4. The van der Waals surface area contributed by atoms with Crippen molar-refractivity contribution in [3.8, 4) is 5.75 Å². The molecule has 0 aliphatic heterocycles. The Labute approximate surface area is 142 Å². The van der Waals surface area contributed by atoms with Crippen molar-refractivity contribution in [2.45, 2.75) is 19.8 Å². The van der Waals surface area contributed by atoms with Crippen molar-refractivity contribution in [3.05, 3.63) is 27.3 Å². The number of thiocarbonyl (C=S) groups is 1. The van der Waals surface area contributed by atoms with Crippen molar-refractivity contribution >= 4 is 51.7 Å². The van der Waals surface area contributed by atoms with Crippen LogP contribution in [0.15, 0.2) is 18.2 Å². The molecule has 0 heterocycles. The molecule has 0 spiro atoms. The summed E-state index contributed by atoms with van der Waals surface area (Å²) in [6.07, 6.45) is 1.11. The van der Waals surface area contributed by atoms with Gasteiger partial charge in [-0.25, -0.2) is 0 Å². The number of amides is 2. The van der Waals surface area contributed by atoms with Crippen LogP contribution in [0, 0.1) is 3.57 Å². The maximum Gasteiger partial charge on any atom is 0.269 e. The van der Waals surface area contributed by atoms with Crippen LogP contribution in [0.2, 0.25) is 0 Å². The minimum Gasteiger partial charge on any atom is -0.496 e. The number of hydrogen-bond donors (Lipinski definition) is 3. The molecule has 114 valence electrons. The van der Waals surface area contributed by atoms with E-state index < -0.39 is 0 Å². The van der Waals surface area contributed by atoms with E-state index in [-0.39, 0.29) is 16.9 Å². The van der Waals surface area contributed by atoms with Crippen LogP contribution < -0.4 is 20.9 Å². The van der Waals surface area contributed by atoms with Gasteiger partial charge in [-0.2, -0.15) is 0 Å². The fourth-order valence-corrected chi connectivity index (χ4v) is 2.34. The molecule has 0 radical (unpaired) electrons. The van der Waals surface area contributed by atoms with Crippen LogP contribution >= 0.6 is 34.8 Å². The second-order valence-electron chi connectivity index (χ2n) is 4.06. The second-order valence-corrected chi connectivity index (χ2v) is 5.63. The highest BCUT2D eigenvalue weighted by molar-refractivity contribution is 14.1. The fraction of sp³-hybridized carbons (Fsp3) is 0.308. The van der Waals surface area contributed by atoms with E-state index in [1.165, 1.54) is 0 Å². The lowest BCUT2D eigenvalue weighted by Crippen LogP contribution is -2.48. The number of ether oxygens (including phenoxy) is 1. The molecule has 8 heteroatoms. The third-order valence-corrected chi connectivity index (χ3v) is 3.48. The van der Waals surface area contributed by atoms with Crippen molar-refractivity contribution in [2.75, 3.05) is 7.11 Å². The molecule has 0 unspecified atom stereocenters. The standard InChI is InChI=1S/C13H16IN3O3S/c1-3-4-11(18)15-13(21)17-16-12(19)8-5-6-10(20-2)9(14)7-8/h5-7H,3-4H2,1-2H3,(H,16,19)(H2,15,17,18,21). The first-order valence-electron chi connectivity index (χ1n) is 6.21. The predicted octanol–water partition coefficient (Wildman–Crippen LogP) is 1.74. The Kier molecular flexibility index (Phi) is 7.37. The fourth-order valence-electron chi connectivity index (χ4n) is 1.44. The molecule has 0 aliphatic carbocycles. The van der Waals surface area contributed by atoms with Gasteiger partial charge >= 0.3 is 0 Å². The topological polar surface area (TPSA) is 79.5 Å². The lowest BCUT2D eigenvalue weighted by molar-refractivity contribution is -0.119. The Morgan fingerprint density at radius 1 is 1.33 bits per heavy atom. The van der Waals surface area contributed by atoms with E-state index in [1.807, 2.05) is 6.92 Å². The van der Waals surface area contributed by atoms with Crippen LogP contribution in [0.3, 0.4) is 0 Å². The highest BCUT2D eigenvalue weighted by Gasteiger charge is 2.09. The van der Waals surface area contributed by atoms with Crippen LogP contribution in [0.1, 0.15) is 30.1 Å². The second kappa shape index (κ2) is 8.78. The van der Waals surface area contributed by atoms with E-state index in [0.29, 0.717) is 17.7 Å². The Morgan fingerprint density at radius 3 is 2.62 bits per heavy atom. The van der Waals surface area contributed by atoms with Crippen LogP contribution in [0.5, 0.6) is 5.75 Å². The van der Waals surface area contributed by atoms with Gasteiger partial charge in [0.05, 0.1) is 10.7 Å². The summed E-state index contributed by atoms with van der Waals surface area (Å²) in [6, 6.07) is 5.03. The molecule has 0 aromatic heterocycles. The van der Waals surface area contributed by atoms with E-state index in [4.69, 9.17) is 17.0 Å². The summed E-state index contributed by atoms with van der Waals surface area (Å²) in [5.41, 5.74) is 5.36. The summed E-state index contributed by atoms with van der Waals surface area (Å²) in [5.74, 6) is 0.147. The molecule has 6 nitrogen and oxygen atoms in total. The summed E-state index contributed by atoms with van der Waals surface area (Å²) in [7, 11) is 1.57. The van der Waals surface area contributed by atoms with Crippen LogP contribution in [-0.4, -0.2) is 24.0 Å². The van der Waals surface area contributed by atoms with Crippen molar-refractivity contribution in [1.82, 2.24) is 16.2 Å². The molecular weight excluding hydrogens is 405 g/mol. The van der Waals surface area contributed by atoms with Gasteiger partial charge in [0.2, 0.25) is 5.91 Å². The van der Waals surface area contributed by atoms with Gasteiger partial charge in [-0.05, 0) is 59.4 Å². The van der Waals surface area contributed by atoms with Gasteiger partial charge in [-0.3, -0.25) is 20.4 Å². The van der Waals surface area contributed by atoms with Crippen molar-refractivity contribution in [2.24, 2.45) is 0 Å². The quantitative estimate of drug-likeness (QED) is 0.392. The lowest BCUT2D eigenvalue weighted by atomic mass is 10.2. The zero-order valence-electron chi connectivity index (χ0n) is 11.7. The molecule has 0 saturated heterocycles. The van der Waals surface area contributed by atoms with E-state index >= 15 is 0 Å². The Bertz CT molecular complexity index is 551. The highest BCUT2D eigenvalue weighted by Crippen LogP contribution is 2.21. The van der Waals surface area contributed by atoms with Gasteiger partial charge in [-0.1, -0.05) is 6.92 Å². The third-order valence-electron chi connectivity index (χ3n) is 2.43. The molecule has 1 rings (SSSR count). The van der Waals surface area contributed by atoms with Gasteiger partial charge in [0.15, 0.2) is 5.11 Å². The normalized spacial score (nSPS) is 9.67. The van der Waals surface area contributed by atoms with E-state index in [2.05, 4.69) is 38.8 Å². The minimum atomic E-state index is -0.359. The molecule has 1 aromatic carbocycles. The first kappa shape index (κ1) is 17.6. The van der Waals surface area contributed by atoms with Crippen LogP contribution in [0.25, 0.3) is 0 Å². The number of nitrogens with one attached hydrogen (secondary N) is 3. The van der Waals surface area contributed by atoms with Gasteiger partial charge in [0, 0.05) is 12.0 Å². The molecular formula is C13H16IN3O3S. The largest absolute Gasteiger partial charge is 0.496 e. The zero-order valence-corrected chi connectivity index (χ0v) is 14.6. The van der Waals surface area contributed by atoms with Crippen molar-refractivity contribution < 1.29 is 14.3 Å². The van der Waals surface area contributed by atoms with E-state index in [9.17, 15) is 9.59 Å². The summed E-state index contributed by atoms with van der Waals surface area (Å²) in [5, 5.41) is 2.52. The highest BCUT2D eigenvalue weighted by atomic mass is 127. The number of halogens is 1. The van der Waals surface area contributed by atoms with Gasteiger partial charge in [0.1, 0.15) is 5.75 Å². The molecule has 0 fully saturated rings. The molecule has 2 amide bonds. The van der Waals surface area contributed by atoms with Crippen LogP contribution in [-0.2, 0) is 4.79 Å². The number of rotatable bonds is 4. The first-order valence-corrected chi connectivity index (χ1v) is 7.70. The Morgan fingerprint density at radius 2 is 2.05 bits per heavy atom. The predicted molar refractivity (Wildman–Crippen MR) is 92.0 cm³/mol. The monoisotopic (exact) mass is 421 g/mol. The SMILES string of the molecule is CCCC(=O)NC(=S)NNC(=O)c1ccc(OC)c(I)c1. The average molecular weight is 421 g/mol. The summed E-state index contributed by atoms with van der Waals surface area (Å²) in [4.78, 5) is 23.2. The Balaban J connectivity index is 2.52. The smallest absolute Gasteiger partial charge is 0.269 e. The maximum atomic E-state index is 11.9. The summed E-state index contributed by atoms with van der Waals surface area (Å²) < 4.78 is 5.94. The Hall–Kier alpha value is -1.42. The molecule has 1 aromatic rings. The molecule has 0 saturated carbocycles. The number of carbonyl (C=O) groups is 2. The molecule has 0 atom stereocenters. The van der Waals surface area contributed by atoms with Gasteiger partial charge in [0.25, 0.3) is 5.91 Å². The molecule has 0 bridgehead atoms. The van der Waals surface area contributed by atoms with Gasteiger partial charge < -0.3 is 10.1 Å². The number of carbonyl (C=O) groups excluding carboxylic acids is 2. The molecule has 0 aliphatic rings. The van der Waals surface area contributed by atoms with Crippen molar-refractivity contribution in [1.29, 1.82) is 0 Å². The van der Waals surface area contributed by atoms with E-state index in [0.717, 1.165) is 9.99 Å². The summed E-state index contributed by atoms with van der Waals surface area (Å²) >= 11 is 6.98. The minimum absolute atomic E-state index is 0.0602. The molecule has 3 N–H and O–H groups in total. The number of benzene rings is 1. The maximum absolute atomic E-state index is 11.9. The average Bonchev–Trinajstić information content (AvgIpc) is 2.44. The molecule has 21 heavy (non-hydrogen) atoms. The zero-order chi connectivity index (χ0) is 15.8. The van der Waals surface area contributed by atoms with E-state index in [1.54, 1.807) is 25.3 Å². The lowest BCUT2D eigenvalue weighted by Gasteiger charge is -2.11. The van der Waals surface area contributed by atoms with Gasteiger partial charge in [-0.15, -0.1) is 0 Å². The first-order chi connectivity index (χ1) is 9.97. The number of hydrazine groups is 1. The third kappa shape index (κ3) is 5.84. The van der Waals surface area contributed by atoms with Crippen molar-refractivity contribution in [3.63, 3.8) is 0 Å².